The van der Waals surface area contributed by atoms with Crippen LogP contribution in [0.15, 0.2) is 91.0 Å². The molecule has 3 rings (SSSR count). The van der Waals surface area contributed by atoms with Crippen molar-refractivity contribution >= 4 is 10.1 Å². The quantitative estimate of drug-likeness (QED) is 0.217. The smallest absolute Gasteiger partial charge is 0.268 e. The third-order valence-electron chi connectivity index (χ3n) is 6.01. The van der Waals surface area contributed by atoms with Gasteiger partial charge in [0.15, 0.2) is 0 Å². The Kier molecular flexibility index (Phi) is 9.48. The van der Waals surface area contributed by atoms with Gasteiger partial charge >= 0.3 is 0 Å². The highest BCUT2D eigenvalue weighted by Crippen LogP contribution is 2.30. The molecule has 0 aliphatic heterocycles. The van der Waals surface area contributed by atoms with Crippen LogP contribution in [0.5, 0.6) is 11.5 Å². The zero-order valence-electron chi connectivity index (χ0n) is 19.7. The summed E-state index contributed by atoms with van der Waals surface area (Å²) in [5.41, 5.74) is 2.62. The third kappa shape index (κ3) is 8.24. The highest BCUT2D eigenvalue weighted by molar-refractivity contribution is 7.86. The van der Waals surface area contributed by atoms with Crippen molar-refractivity contribution in [2.75, 3.05) is 0 Å². The van der Waals surface area contributed by atoms with Crippen molar-refractivity contribution in [2.24, 2.45) is 0 Å². The lowest BCUT2D eigenvalue weighted by Gasteiger charge is -2.21. The summed E-state index contributed by atoms with van der Waals surface area (Å²) in [5, 5.41) is 18.7. The Bertz CT molecular complexity index is 1170. The predicted octanol–water partition coefficient (Wildman–Crippen LogP) is 5.79. The lowest BCUT2D eigenvalue weighted by atomic mass is 9.91. The number of ether oxygens (including phenoxy) is 1. The van der Waals surface area contributed by atoms with Crippen molar-refractivity contribution < 1.29 is 27.9 Å². The summed E-state index contributed by atoms with van der Waals surface area (Å²) in [7, 11) is -4.28. The van der Waals surface area contributed by atoms with Crippen molar-refractivity contribution in [1.29, 1.82) is 0 Å². The van der Waals surface area contributed by atoms with E-state index in [1.807, 2.05) is 61.5 Å². The summed E-state index contributed by atoms with van der Waals surface area (Å²) in [5.74, 6) is 0.753. The summed E-state index contributed by atoms with van der Waals surface area (Å²) in [6.07, 6.45) is 3.15. The summed E-state index contributed by atoms with van der Waals surface area (Å²) in [6.45, 7) is 2.44. The third-order valence-corrected chi connectivity index (χ3v) is 7.24. The Labute approximate surface area is 207 Å². The number of phenolic OH excluding ortho intramolecular Hbond substituents is 1. The average molecular weight is 497 g/mol. The summed E-state index contributed by atoms with van der Waals surface area (Å²) in [6, 6.07) is 23.6. The molecule has 3 N–H and O–H groups in total. The van der Waals surface area contributed by atoms with Crippen LogP contribution in [0.25, 0.3) is 0 Å². The molecule has 186 valence electrons. The minimum Gasteiger partial charge on any atom is -0.508 e. The van der Waals surface area contributed by atoms with Crippen molar-refractivity contribution in [1.82, 2.24) is 0 Å². The Morgan fingerprint density at radius 1 is 0.914 bits per heavy atom. The van der Waals surface area contributed by atoms with Gasteiger partial charge in [-0.15, -0.1) is 0 Å². The van der Waals surface area contributed by atoms with Crippen LogP contribution >= 0.6 is 0 Å². The largest absolute Gasteiger partial charge is 0.508 e. The zero-order chi connectivity index (χ0) is 25.3. The minimum absolute atomic E-state index is 0.0690. The van der Waals surface area contributed by atoms with Gasteiger partial charge in [0.25, 0.3) is 10.1 Å². The molecule has 3 aromatic rings. The highest BCUT2D eigenvalue weighted by atomic mass is 32.2. The fourth-order valence-corrected chi connectivity index (χ4v) is 4.74. The number of aliphatic hydroxyl groups excluding tert-OH is 1. The first kappa shape index (κ1) is 26.5. The fourth-order valence-electron chi connectivity index (χ4n) is 3.91. The van der Waals surface area contributed by atoms with E-state index in [1.165, 1.54) is 18.2 Å². The van der Waals surface area contributed by atoms with Gasteiger partial charge < -0.3 is 14.9 Å². The molecule has 0 aromatic heterocycles. The zero-order valence-corrected chi connectivity index (χ0v) is 20.5. The van der Waals surface area contributed by atoms with Gasteiger partial charge in [0, 0.05) is 0 Å². The fraction of sp³-hybridized carbons (Fsp3) is 0.286. The van der Waals surface area contributed by atoms with Gasteiger partial charge in [-0.2, -0.15) is 8.42 Å². The Hall–Kier alpha value is -3.13. The molecular formula is C28H32O6S. The Morgan fingerprint density at radius 3 is 2.14 bits per heavy atom. The molecule has 0 fully saturated rings. The van der Waals surface area contributed by atoms with E-state index in [-0.39, 0.29) is 24.5 Å². The number of aromatic hydroxyl groups is 1. The molecule has 6 nitrogen and oxygen atoms in total. The van der Waals surface area contributed by atoms with E-state index >= 15 is 0 Å². The van der Waals surface area contributed by atoms with Gasteiger partial charge in [0.1, 0.15) is 18.1 Å². The first-order chi connectivity index (χ1) is 16.8. The summed E-state index contributed by atoms with van der Waals surface area (Å²) >= 11 is 0. The van der Waals surface area contributed by atoms with Crippen molar-refractivity contribution in [3.63, 3.8) is 0 Å². The minimum atomic E-state index is -4.28. The second-order valence-electron chi connectivity index (χ2n) is 8.52. The molecule has 0 bridgehead atoms. The first-order valence-electron chi connectivity index (χ1n) is 11.6. The van der Waals surface area contributed by atoms with Crippen molar-refractivity contribution in [2.45, 2.75) is 50.1 Å². The molecule has 0 aliphatic carbocycles. The lowest BCUT2D eigenvalue weighted by Crippen LogP contribution is -2.22. The van der Waals surface area contributed by atoms with Crippen LogP contribution in [-0.2, 0) is 16.7 Å². The van der Waals surface area contributed by atoms with Crippen LogP contribution in [0, 0.1) is 0 Å². The Morgan fingerprint density at radius 2 is 1.54 bits per heavy atom. The van der Waals surface area contributed by atoms with Gasteiger partial charge in [-0.3, -0.25) is 4.55 Å². The molecular weight excluding hydrogens is 464 g/mol. The van der Waals surface area contributed by atoms with Crippen LogP contribution in [0.4, 0.5) is 0 Å². The number of phenols is 1. The van der Waals surface area contributed by atoms with E-state index in [0.29, 0.717) is 18.6 Å². The van der Waals surface area contributed by atoms with E-state index < -0.39 is 21.5 Å². The molecule has 0 spiro atoms. The molecule has 0 heterocycles. The van der Waals surface area contributed by atoms with Crippen molar-refractivity contribution in [3.05, 3.63) is 108 Å². The predicted molar refractivity (Wildman–Crippen MR) is 137 cm³/mol. The average Bonchev–Trinajstić information content (AvgIpc) is 2.85. The van der Waals surface area contributed by atoms with Crippen molar-refractivity contribution in [3.8, 4) is 11.5 Å². The van der Waals surface area contributed by atoms with Crippen LogP contribution in [0.3, 0.4) is 0 Å². The molecule has 3 aromatic carbocycles. The maximum absolute atomic E-state index is 12.1. The molecule has 0 saturated heterocycles. The molecule has 0 unspecified atom stereocenters. The van der Waals surface area contributed by atoms with Gasteiger partial charge in [0.2, 0.25) is 0 Å². The number of rotatable bonds is 12. The summed E-state index contributed by atoms with van der Waals surface area (Å²) in [4.78, 5) is 0. The number of benzene rings is 3. The van der Waals surface area contributed by atoms with E-state index in [1.54, 1.807) is 18.2 Å². The van der Waals surface area contributed by atoms with Gasteiger partial charge in [0.05, 0.1) is 11.4 Å². The maximum Gasteiger partial charge on any atom is 0.268 e. The second kappa shape index (κ2) is 12.5. The number of hydrogen-bond acceptors (Lipinski definition) is 5. The molecule has 0 saturated carbocycles. The van der Waals surface area contributed by atoms with Crippen LogP contribution in [-0.4, -0.2) is 28.4 Å². The first-order valence-corrected chi connectivity index (χ1v) is 13.1. The molecule has 35 heavy (non-hydrogen) atoms. The van der Waals surface area contributed by atoms with Crippen LogP contribution < -0.4 is 4.74 Å². The lowest BCUT2D eigenvalue weighted by molar-refractivity contribution is 0.228. The standard InChI is InChI=1S/C28H32O6S/c1-2-22(23-13-17-26(18-14-23)34-20-21-7-4-3-5-8-21)19-27(35(31,32)33)9-6-10-28(30)24-11-15-25(29)16-12-24/h3-8,10-18,22,27-30H,2,9,19-20H2,1H3,(H,31,32,33)/b10-6+/t22-,27+,28-/m1/s1. The van der Waals surface area contributed by atoms with Gasteiger partial charge in [-0.25, -0.2) is 0 Å². The summed E-state index contributed by atoms with van der Waals surface area (Å²) < 4.78 is 39.8. The number of hydrogen-bond donors (Lipinski definition) is 3. The van der Waals surface area contributed by atoms with Crippen LogP contribution in [0.2, 0.25) is 0 Å². The second-order valence-corrected chi connectivity index (χ2v) is 10.2. The normalized spacial score (nSPS) is 14.5. The van der Waals surface area contributed by atoms with Gasteiger partial charge in [-0.05, 0) is 66.1 Å². The van der Waals surface area contributed by atoms with E-state index in [2.05, 4.69) is 0 Å². The van der Waals surface area contributed by atoms with Crippen LogP contribution in [0.1, 0.15) is 54.9 Å². The monoisotopic (exact) mass is 496 g/mol. The maximum atomic E-state index is 12.1. The number of aliphatic hydroxyl groups is 1. The highest BCUT2D eigenvalue weighted by Gasteiger charge is 2.26. The SMILES string of the molecule is CC[C@H](C[C@H](C/C=C/[C@@H](O)c1ccc(O)cc1)S(=O)(=O)O)c1ccc(OCc2ccccc2)cc1. The molecule has 7 heteroatoms. The topological polar surface area (TPSA) is 104 Å². The Balaban J connectivity index is 1.62. The molecule has 0 amide bonds. The van der Waals surface area contributed by atoms with E-state index in [4.69, 9.17) is 4.74 Å². The molecule has 0 radical (unpaired) electrons. The van der Waals surface area contributed by atoms with E-state index in [9.17, 15) is 23.2 Å². The molecule has 3 atom stereocenters. The van der Waals surface area contributed by atoms with Gasteiger partial charge in [-0.1, -0.05) is 73.7 Å². The number of allylic oxidation sites excluding steroid dienone is 1. The molecule has 0 aliphatic rings. The van der Waals surface area contributed by atoms with E-state index in [0.717, 1.165) is 16.9 Å².